The fourth-order valence-electron chi connectivity index (χ4n) is 2.32. The smallest absolute Gasteiger partial charge is 0.331 e. The lowest BCUT2D eigenvalue weighted by Gasteiger charge is -2.10. The lowest BCUT2D eigenvalue weighted by atomic mass is 10.1. The number of hydrogen-bond donors (Lipinski definition) is 1. The molecule has 1 fully saturated rings. The maximum Gasteiger partial charge on any atom is 0.331 e. The van der Waals surface area contributed by atoms with Gasteiger partial charge in [-0.25, -0.2) is 13.2 Å². The SMILES string of the molecule is O=C(COC(=O)/C=C/c1ccccc1[N+](=O)[O-])N[C@H]1CCS(=O)(=O)C1. The fraction of sp³-hybridized carbons (Fsp3) is 0.333. The number of hydrogen-bond acceptors (Lipinski definition) is 7. The number of esters is 1. The molecule has 1 aliphatic heterocycles. The molecule has 0 radical (unpaired) electrons. The van der Waals surface area contributed by atoms with Crippen molar-refractivity contribution in [3.8, 4) is 0 Å². The average Bonchev–Trinajstić information content (AvgIpc) is 2.89. The maximum absolute atomic E-state index is 11.6. The normalized spacial score (nSPS) is 18.8. The van der Waals surface area contributed by atoms with Crippen molar-refractivity contribution in [1.29, 1.82) is 0 Å². The van der Waals surface area contributed by atoms with E-state index in [9.17, 15) is 28.1 Å². The van der Waals surface area contributed by atoms with E-state index in [0.29, 0.717) is 6.42 Å². The van der Waals surface area contributed by atoms with Crippen LogP contribution in [0.5, 0.6) is 0 Å². The lowest BCUT2D eigenvalue weighted by molar-refractivity contribution is -0.385. The first kappa shape index (κ1) is 18.6. The summed E-state index contributed by atoms with van der Waals surface area (Å²) in [4.78, 5) is 33.5. The van der Waals surface area contributed by atoms with Gasteiger partial charge in [0.2, 0.25) is 0 Å². The van der Waals surface area contributed by atoms with Crippen molar-refractivity contribution >= 4 is 33.5 Å². The highest BCUT2D eigenvalue weighted by Gasteiger charge is 2.28. The summed E-state index contributed by atoms with van der Waals surface area (Å²) in [5.74, 6) is -1.54. The summed E-state index contributed by atoms with van der Waals surface area (Å²) >= 11 is 0. The Kier molecular flexibility index (Phi) is 5.86. The fourth-order valence-corrected chi connectivity index (χ4v) is 3.99. The van der Waals surface area contributed by atoms with E-state index in [4.69, 9.17) is 4.74 Å². The average molecular weight is 368 g/mol. The molecule has 1 aliphatic rings. The summed E-state index contributed by atoms with van der Waals surface area (Å²) in [6, 6.07) is 5.38. The van der Waals surface area contributed by atoms with Crippen LogP contribution in [0.25, 0.3) is 6.08 Å². The van der Waals surface area contributed by atoms with Crippen LogP contribution in [0, 0.1) is 10.1 Å². The standard InChI is InChI=1S/C15H16N2O7S/c18-14(16-12-7-8-25(22,23)10-12)9-24-15(19)6-5-11-3-1-2-4-13(11)17(20)21/h1-6,12H,7-10H2,(H,16,18)/b6-5+/t12-/m0/s1. The van der Waals surface area contributed by atoms with Crippen LogP contribution in [0.4, 0.5) is 5.69 Å². The summed E-state index contributed by atoms with van der Waals surface area (Å²) in [5.41, 5.74) is 0.0665. The van der Waals surface area contributed by atoms with Gasteiger partial charge >= 0.3 is 5.97 Å². The van der Waals surface area contributed by atoms with Crippen LogP contribution in [-0.2, 0) is 24.2 Å². The van der Waals surface area contributed by atoms with Gasteiger partial charge in [-0.1, -0.05) is 12.1 Å². The molecule has 2 rings (SSSR count). The molecular formula is C15H16N2O7S. The minimum atomic E-state index is -3.11. The molecule has 9 nitrogen and oxygen atoms in total. The van der Waals surface area contributed by atoms with Crippen LogP contribution in [0.2, 0.25) is 0 Å². The second-order valence-corrected chi connectivity index (χ2v) is 7.65. The number of nitro benzene ring substituents is 1. The number of ether oxygens (including phenoxy) is 1. The second-order valence-electron chi connectivity index (χ2n) is 5.42. The molecule has 1 aromatic rings. The van der Waals surface area contributed by atoms with E-state index in [1.54, 1.807) is 6.07 Å². The quantitative estimate of drug-likeness (QED) is 0.334. The zero-order valence-corrected chi connectivity index (χ0v) is 13.9. The van der Waals surface area contributed by atoms with Crippen molar-refractivity contribution in [1.82, 2.24) is 5.32 Å². The number of benzene rings is 1. The lowest BCUT2D eigenvalue weighted by Crippen LogP contribution is -2.38. The second kappa shape index (κ2) is 7.88. The largest absolute Gasteiger partial charge is 0.452 e. The Labute approximate surface area is 143 Å². The van der Waals surface area contributed by atoms with Gasteiger partial charge in [-0.15, -0.1) is 0 Å². The molecule has 1 saturated heterocycles. The van der Waals surface area contributed by atoms with E-state index >= 15 is 0 Å². The minimum Gasteiger partial charge on any atom is -0.452 e. The van der Waals surface area contributed by atoms with Gasteiger partial charge in [0.15, 0.2) is 16.4 Å². The van der Waals surface area contributed by atoms with E-state index in [1.165, 1.54) is 24.3 Å². The Morgan fingerprint density at radius 3 is 2.72 bits per heavy atom. The molecule has 1 atom stereocenters. The number of rotatable bonds is 6. The molecule has 134 valence electrons. The van der Waals surface area contributed by atoms with Crippen molar-refractivity contribution in [2.75, 3.05) is 18.1 Å². The molecule has 0 unspecified atom stereocenters. The van der Waals surface area contributed by atoms with Crippen LogP contribution < -0.4 is 5.32 Å². The summed E-state index contributed by atoms with van der Waals surface area (Å²) < 4.78 is 27.3. The van der Waals surface area contributed by atoms with E-state index in [0.717, 1.165) is 6.08 Å². The third-order valence-electron chi connectivity index (χ3n) is 3.48. The number of amides is 1. The first-order valence-corrected chi connectivity index (χ1v) is 9.17. The molecule has 10 heteroatoms. The number of sulfone groups is 1. The van der Waals surface area contributed by atoms with Crippen LogP contribution in [0.3, 0.4) is 0 Å². The topological polar surface area (TPSA) is 133 Å². The zero-order chi connectivity index (χ0) is 18.4. The molecule has 1 aromatic carbocycles. The van der Waals surface area contributed by atoms with Crippen molar-refractivity contribution in [3.05, 3.63) is 46.0 Å². The van der Waals surface area contributed by atoms with Crippen LogP contribution in [-0.4, -0.2) is 49.4 Å². The Balaban J connectivity index is 1.83. The highest BCUT2D eigenvalue weighted by molar-refractivity contribution is 7.91. The molecule has 1 N–H and O–H groups in total. The van der Waals surface area contributed by atoms with Crippen molar-refractivity contribution in [2.24, 2.45) is 0 Å². The number of nitrogens with one attached hydrogen (secondary N) is 1. The number of para-hydroxylation sites is 1. The summed E-state index contributed by atoms with van der Waals surface area (Å²) in [6.45, 7) is -0.559. The molecule has 0 bridgehead atoms. The van der Waals surface area contributed by atoms with Gasteiger partial charge in [0, 0.05) is 18.2 Å². The predicted octanol–water partition coefficient (Wildman–Crippen LogP) is 0.455. The van der Waals surface area contributed by atoms with Crippen molar-refractivity contribution < 1.29 is 27.7 Å². The molecule has 0 aliphatic carbocycles. The summed E-state index contributed by atoms with van der Waals surface area (Å²) in [6.07, 6.45) is 2.54. The first-order chi connectivity index (χ1) is 11.8. The van der Waals surface area contributed by atoms with E-state index in [2.05, 4.69) is 5.32 Å². The third kappa shape index (κ3) is 5.68. The van der Waals surface area contributed by atoms with Gasteiger partial charge in [0.05, 0.1) is 22.0 Å². The molecule has 1 amide bonds. The molecule has 0 spiro atoms. The number of carbonyl (C=O) groups is 2. The molecular weight excluding hydrogens is 352 g/mol. The first-order valence-electron chi connectivity index (χ1n) is 7.35. The van der Waals surface area contributed by atoms with E-state index < -0.39 is 39.3 Å². The summed E-state index contributed by atoms with van der Waals surface area (Å²) in [5, 5.41) is 13.3. The Bertz CT molecular complexity index is 817. The highest BCUT2D eigenvalue weighted by atomic mass is 32.2. The van der Waals surface area contributed by atoms with Gasteiger partial charge in [0.25, 0.3) is 11.6 Å². The highest BCUT2D eigenvalue weighted by Crippen LogP contribution is 2.18. The van der Waals surface area contributed by atoms with Gasteiger partial charge in [-0.3, -0.25) is 14.9 Å². The van der Waals surface area contributed by atoms with Crippen LogP contribution in [0.1, 0.15) is 12.0 Å². The molecule has 0 aromatic heterocycles. The van der Waals surface area contributed by atoms with Crippen molar-refractivity contribution in [3.63, 3.8) is 0 Å². The van der Waals surface area contributed by atoms with Gasteiger partial charge in [0.1, 0.15) is 0 Å². The zero-order valence-electron chi connectivity index (χ0n) is 13.1. The van der Waals surface area contributed by atoms with Gasteiger partial charge in [-0.05, 0) is 18.6 Å². The Morgan fingerprint density at radius 2 is 2.08 bits per heavy atom. The van der Waals surface area contributed by atoms with Crippen LogP contribution >= 0.6 is 0 Å². The summed E-state index contributed by atoms with van der Waals surface area (Å²) in [7, 11) is -3.11. The van der Waals surface area contributed by atoms with Gasteiger partial charge in [-0.2, -0.15) is 0 Å². The molecule has 1 heterocycles. The van der Waals surface area contributed by atoms with Crippen LogP contribution in [0.15, 0.2) is 30.3 Å². The van der Waals surface area contributed by atoms with Crippen molar-refractivity contribution in [2.45, 2.75) is 12.5 Å². The third-order valence-corrected chi connectivity index (χ3v) is 5.24. The van der Waals surface area contributed by atoms with E-state index in [-0.39, 0.29) is 22.8 Å². The number of nitrogens with zero attached hydrogens (tertiary/aromatic N) is 1. The Morgan fingerprint density at radius 1 is 1.36 bits per heavy atom. The Hall–Kier alpha value is -2.75. The minimum absolute atomic E-state index is 0.0241. The molecule has 0 saturated carbocycles. The molecule has 25 heavy (non-hydrogen) atoms. The maximum atomic E-state index is 11.6. The number of carbonyl (C=O) groups excluding carboxylic acids is 2. The predicted molar refractivity (Wildman–Crippen MR) is 88.3 cm³/mol. The van der Waals surface area contributed by atoms with Gasteiger partial charge < -0.3 is 10.1 Å². The number of nitro groups is 1. The monoisotopic (exact) mass is 368 g/mol. The van der Waals surface area contributed by atoms with E-state index in [1.807, 2.05) is 0 Å².